The number of nitrogens with zero attached hydrogens (tertiary/aromatic N) is 2. The fourth-order valence-electron chi connectivity index (χ4n) is 2.28. The summed E-state index contributed by atoms with van der Waals surface area (Å²) in [4.78, 5) is 13.8. The van der Waals surface area contributed by atoms with Crippen LogP contribution < -0.4 is 5.32 Å². The van der Waals surface area contributed by atoms with Crippen molar-refractivity contribution in [1.29, 1.82) is 0 Å². The van der Waals surface area contributed by atoms with Crippen molar-refractivity contribution in [3.63, 3.8) is 0 Å². The molecule has 118 valence electrons. The van der Waals surface area contributed by atoms with Gasteiger partial charge in [0.15, 0.2) is 0 Å². The van der Waals surface area contributed by atoms with Crippen LogP contribution in [0.2, 0.25) is 0 Å². The topological polar surface area (TPSA) is 69.7 Å². The summed E-state index contributed by atoms with van der Waals surface area (Å²) in [5.41, 5.74) is 0. The average molecular weight is 321 g/mol. The molecular weight excluding hydrogens is 302 g/mol. The second-order valence-corrected chi connectivity index (χ2v) is 6.91. The van der Waals surface area contributed by atoms with Crippen LogP contribution in [-0.4, -0.2) is 62.8 Å². The molecule has 7 heteroatoms. The summed E-state index contributed by atoms with van der Waals surface area (Å²) in [5, 5.41) is 2.60. The van der Waals surface area contributed by atoms with Crippen molar-refractivity contribution in [2.24, 2.45) is 0 Å². The van der Waals surface area contributed by atoms with E-state index in [1.54, 1.807) is 30.3 Å². The maximum atomic E-state index is 12.5. The standard InChI is InChI=1S/C15H19N3O3S/c1-2-8-16-15(19)13-17-9-11-18(12-10-17)22(20,21)14-6-4-3-5-7-14/h1,3-7H,8-13H2,(H,16,19). The number of sulfonamides is 1. The third kappa shape index (κ3) is 4.07. The number of amides is 1. The van der Waals surface area contributed by atoms with Crippen LogP contribution in [0.25, 0.3) is 0 Å². The van der Waals surface area contributed by atoms with Crippen molar-refractivity contribution in [3.8, 4) is 12.3 Å². The van der Waals surface area contributed by atoms with E-state index < -0.39 is 10.0 Å². The lowest BCUT2D eigenvalue weighted by Gasteiger charge is -2.33. The predicted octanol–water partition coefficient (Wildman–Crippen LogP) is -0.258. The van der Waals surface area contributed by atoms with Crippen molar-refractivity contribution in [1.82, 2.24) is 14.5 Å². The Morgan fingerprint density at radius 1 is 1.18 bits per heavy atom. The van der Waals surface area contributed by atoms with Gasteiger partial charge in [0.25, 0.3) is 0 Å². The molecule has 1 N–H and O–H groups in total. The van der Waals surface area contributed by atoms with Crippen LogP contribution in [0.4, 0.5) is 0 Å². The molecule has 1 saturated heterocycles. The molecule has 0 unspecified atom stereocenters. The van der Waals surface area contributed by atoms with Crippen LogP contribution in [-0.2, 0) is 14.8 Å². The minimum atomic E-state index is -3.45. The number of terminal acetylenes is 1. The highest BCUT2D eigenvalue weighted by atomic mass is 32.2. The molecule has 0 spiro atoms. The van der Waals surface area contributed by atoms with Gasteiger partial charge in [-0.15, -0.1) is 6.42 Å². The molecule has 22 heavy (non-hydrogen) atoms. The average Bonchev–Trinajstić information content (AvgIpc) is 2.54. The molecule has 1 amide bonds. The van der Waals surface area contributed by atoms with Crippen LogP contribution in [0, 0.1) is 12.3 Å². The summed E-state index contributed by atoms with van der Waals surface area (Å²) in [6.45, 7) is 2.24. The first-order valence-electron chi connectivity index (χ1n) is 7.02. The van der Waals surface area contributed by atoms with Crippen LogP contribution in [0.1, 0.15) is 0 Å². The van der Waals surface area contributed by atoms with Crippen molar-refractivity contribution in [2.75, 3.05) is 39.3 Å². The summed E-state index contributed by atoms with van der Waals surface area (Å²) < 4.78 is 26.4. The van der Waals surface area contributed by atoms with E-state index >= 15 is 0 Å². The third-order valence-corrected chi connectivity index (χ3v) is 5.38. The summed E-state index contributed by atoms with van der Waals surface area (Å²) in [7, 11) is -3.45. The molecule has 1 aliphatic rings. The van der Waals surface area contributed by atoms with E-state index in [-0.39, 0.29) is 19.0 Å². The van der Waals surface area contributed by atoms with Gasteiger partial charge in [-0.3, -0.25) is 9.69 Å². The van der Waals surface area contributed by atoms with Gasteiger partial charge in [0.1, 0.15) is 0 Å². The second kappa shape index (κ2) is 7.40. The number of carbonyl (C=O) groups excluding carboxylic acids is 1. The van der Waals surface area contributed by atoms with Crippen LogP contribution in [0.3, 0.4) is 0 Å². The Morgan fingerprint density at radius 3 is 2.41 bits per heavy atom. The molecule has 0 aromatic heterocycles. The minimum absolute atomic E-state index is 0.141. The van der Waals surface area contributed by atoms with Crippen LogP contribution >= 0.6 is 0 Å². The third-order valence-electron chi connectivity index (χ3n) is 3.47. The van der Waals surface area contributed by atoms with Gasteiger partial charge in [-0.2, -0.15) is 4.31 Å². The number of rotatable bonds is 5. The van der Waals surface area contributed by atoms with E-state index in [2.05, 4.69) is 11.2 Å². The van der Waals surface area contributed by atoms with Gasteiger partial charge in [-0.1, -0.05) is 24.1 Å². The predicted molar refractivity (Wildman–Crippen MR) is 83.5 cm³/mol. The molecular formula is C15H19N3O3S. The molecule has 0 aliphatic carbocycles. The van der Waals surface area contributed by atoms with E-state index in [1.165, 1.54) is 4.31 Å². The number of hydrogen-bond donors (Lipinski definition) is 1. The van der Waals surface area contributed by atoms with E-state index in [0.29, 0.717) is 31.1 Å². The van der Waals surface area contributed by atoms with Crippen LogP contribution in [0.5, 0.6) is 0 Å². The molecule has 2 rings (SSSR count). The summed E-state index contributed by atoms with van der Waals surface area (Å²) >= 11 is 0. The summed E-state index contributed by atoms with van der Waals surface area (Å²) in [6.07, 6.45) is 5.08. The number of piperazine rings is 1. The highest BCUT2D eigenvalue weighted by Gasteiger charge is 2.28. The van der Waals surface area contributed by atoms with Gasteiger partial charge in [0, 0.05) is 26.2 Å². The number of nitrogens with one attached hydrogen (secondary N) is 1. The number of benzene rings is 1. The fraction of sp³-hybridized carbons (Fsp3) is 0.400. The van der Waals surface area contributed by atoms with Gasteiger partial charge >= 0.3 is 0 Å². The Labute approximate surface area is 131 Å². The monoisotopic (exact) mass is 321 g/mol. The van der Waals surface area contributed by atoms with Crippen molar-refractivity contribution < 1.29 is 13.2 Å². The van der Waals surface area contributed by atoms with Gasteiger partial charge in [0.05, 0.1) is 18.0 Å². The van der Waals surface area contributed by atoms with Gasteiger partial charge < -0.3 is 5.32 Å². The SMILES string of the molecule is C#CCNC(=O)CN1CCN(S(=O)(=O)c2ccccc2)CC1. The number of hydrogen-bond acceptors (Lipinski definition) is 4. The maximum absolute atomic E-state index is 12.5. The highest BCUT2D eigenvalue weighted by Crippen LogP contribution is 2.16. The summed E-state index contributed by atoms with van der Waals surface area (Å²) in [6, 6.07) is 8.38. The Hall–Kier alpha value is -1.88. The zero-order valence-electron chi connectivity index (χ0n) is 12.2. The van der Waals surface area contributed by atoms with E-state index in [1.807, 2.05) is 4.90 Å². The Balaban J connectivity index is 1.90. The smallest absolute Gasteiger partial charge is 0.243 e. The van der Waals surface area contributed by atoms with Crippen molar-refractivity contribution in [2.45, 2.75) is 4.90 Å². The van der Waals surface area contributed by atoms with E-state index in [0.717, 1.165) is 0 Å². The molecule has 0 radical (unpaired) electrons. The van der Waals surface area contributed by atoms with E-state index in [9.17, 15) is 13.2 Å². The molecule has 0 bridgehead atoms. The first-order valence-corrected chi connectivity index (χ1v) is 8.46. The molecule has 1 heterocycles. The van der Waals surface area contributed by atoms with Gasteiger partial charge in [-0.05, 0) is 12.1 Å². The maximum Gasteiger partial charge on any atom is 0.243 e. The zero-order chi connectivity index (χ0) is 16.0. The zero-order valence-corrected chi connectivity index (χ0v) is 13.1. The first kappa shape index (κ1) is 16.5. The van der Waals surface area contributed by atoms with Crippen molar-refractivity contribution in [3.05, 3.63) is 30.3 Å². The highest BCUT2D eigenvalue weighted by molar-refractivity contribution is 7.89. The quantitative estimate of drug-likeness (QED) is 0.759. The minimum Gasteiger partial charge on any atom is -0.344 e. The molecule has 6 nitrogen and oxygen atoms in total. The lowest BCUT2D eigenvalue weighted by atomic mass is 10.3. The first-order chi connectivity index (χ1) is 10.5. The Bertz CT molecular complexity index is 644. The largest absolute Gasteiger partial charge is 0.344 e. The molecule has 1 fully saturated rings. The van der Waals surface area contributed by atoms with Crippen LogP contribution in [0.15, 0.2) is 35.2 Å². The van der Waals surface area contributed by atoms with Crippen molar-refractivity contribution >= 4 is 15.9 Å². The lowest BCUT2D eigenvalue weighted by molar-refractivity contribution is -0.122. The molecule has 1 aromatic rings. The Kier molecular flexibility index (Phi) is 5.55. The van der Waals surface area contributed by atoms with Gasteiger partial charge in [0.2, 0.25) is 15.9 Å². The molecule has 1 aromatic carbocycles. The molecule has 0 atom stereocenters. The fourth-order valence-corrected chi connectivity index (χ4v) is 3.72. The molecule has 1 aliphatic heterocycles. The summed E-state index contributed by atoms with van der Waals surface area (Å²) in [5.74, 6) is 2.20. The lowest BCUT2D eigenvalue weighted by Crippen LogP contribution is -2.51. The van der Waals surface area contributed by atoms with Gasteiger partial charge in [-0.25, -0.2) is 8.42 Å². The normalized spacial score (nSPS) is 16.9. The second-order valence-electron chi connectivity index (χ2n) is 4.97. The Morgan fingerprint density at radius 2 is 1.82 bits per heavy atom. The van der Waals surface area contributed by atoms with E-state index in [4.69, 9.17) is 6.42 Å². The number of carbonyl (C=O) groups is 1. The molecule has 0 saturated carbocycles.